The number of hydrogen-bond donors (Lipinski definition) is 2. The number of carbonyl (C=O) groups is 1. The van der Waals surface area contributed by atoms with Crippen molar-refractivity contribution in [2.75, 3.05) is 26.2 Å². The number of unbranched alkanes of at least 4 members (excludes halogenated alkanes) is 1. The lowest BCUT2D eigenvalue weighted by atomic mass is 9.76. The molecule has 1 unspecified atom stereocenters. The second kappa shape index (κ2) is 9.80. The Bertz CT molecular complexity index is 842. The van der Waals surface area contributed by atoms with E-state index in [-0.39, 0.29) is 11.3 Å². The van der Waals surface area contributed by atoms with Gasteiger partial charge in [-0.2, -0.15) is 0 Å². The highest BCUT2D eigenvalue weighted by atomic mass is 16.5. The number of likely N-dealkylation sites (tertiary alicyclic amines) is 1. The molecule has 4 rings (SSSR count). The van der Waals surface area contributed by atoms with Crippen molar-refractivity contribution in [2.24, 2.45) is 5.41 Å². The molecule has 1 atom stereocenters. The molecule has 0 bridgehead atoms. The third kappa shape index (κ3) is 4.62. The highest BCUT2D eigenvalue weighted by Crippen LogP contribution is 2.48. The Hall–Kier alpha value is -2.11. The first-order valence-corrected chi connectivity index (χ1v) is 11.5. The van der Waals surface area contributed by atoms with E-state index in [0.717, 1.165) is 56.3 Å². The summed E-state index contributed by atoms with van der Waals surface area (Å²) in [6.07, 6.45) is 7.28. The van der Waals surface area contributed by atoms with E-state index < -0.39 is 6.23 Å². The fourth-order valence-corrected chi connectivity index (χ4v) is 5.14. The number of nitrogens with one attached hydrogen (secondary N) is 1. The second-order valence-corrected chi connectivity index (χ2v) is 8.81. The molecular formula is C25H34N2O3. The molecule has 162 valence electrons. The molecule has 0 radical (unpaired) electrons. The first-order valence-electron chi connectivity index (χ1n) is 11.5. The predicted molar refractivity (Wildman–Crippen MR) is 119 cm³/mol. The highest BCUT2D eigenvalue weighted by Gasteiger charge is 2.47. The van der Waals surface area contributed by atoms with Gasteiger partial charge in [0.15, 0.2) is 0 Å². The minimum absolute atomic E-state index is 0.0227. The summed E-state index contributed by atoms with van der Waals surface area (Å²) in [5, 5.41) is 16.6. The summed E-state index contributed by atoms with van der Waals surface area (Å²) in [6, 6.07) is 14.4. The molecule has 2 fully saturated rings. The molecule has 5 nitrogen and oxygen atoms in total. The van der Waals surface area contributed by atoms with E-state index in [2.05, 4.69) is 23.5 Å². The van der Waals surface area contributed by atoms with Crippen molar-refractivity contribution in [3.63, 3.8) is 0 Å². The van der Waals surface area contributed by atoms with Crippen LogP contribution in [0.5, 0.6) is 5.75 Å². The van der Waals surface area contributed by atoms with Crippen molar-refractivity contribution in [2.45, 2.75) is 57.6 Å². The number of ether oxygens (including phenoxy) is 1. The number of rotatable bonds is 9. The number of aliphatic hydroxyl groups excluding tert-OH is 1. The molecule has 30 heavy (non-hydrogen) atoms. The van der Waals surface area contributed by atoms with Crippen molar-refractivity contribution in [3.8, 4) is 5.75 Å². The standard InChI is InChI=1S/C25H34N2O3/c28-23-12-15-25(13-3-4-14-25)24(29)27(23)18-6-5-16-26-17-19-30-22-11-7-9-20-8-1-2-10-21(20)22/h1-2,7-11,24,26,29H,3-6,12-19H2. The van der Waals surface area contributed by atoms with Crippen LogP contribution in [0.15, 0.2) is 42.5 Å². The van der Waals surface area contributed by atoms with Gasteiger partial charge >= 0.3 is 0 Å². The van der Waals surface area contributed by atoms with Gasteiger partial charge in [-0.25, -0.2) is 0 Å². The number of piperidine rings is 1. The summed E-state index contributed by atoms with van der Waals surface area (Å²) in [5.41, 5.74) is -0.0227. The van der Waals surface area contributed by atoms with E-state index in [1.54, 1.807) is 4.90 Å². The summed E-state index contributed by atoms with van der Waals surface area (Å²) in [4.78, 5) is 14.1. The van der Waals surface area contributed by atoms with Crippen LogP contribution in [0.1, 0.15) is 51.4 Å². The van der Waals surface area contributed by atoms with Gasteiger partial charge < -0.3 is 20.1 Å². The van der Waals surface area contributed by atoms with Gasteiger partial charge in [0.25, 0.3) is 0 Å². The average Bonchev–Trinajstić information content (AvgIpc) is 3.25. The zero-order valence-corrected chi connectivity index (χ0v) is 17.8. The fourth-order valence-electron chi connectivity index (χ4n) is 5.14. The smallest absolute Gasteiger partial charge is 0.224 e. The number of fused-ring (bicyclic) bond motifs is 1. The zero-order chi connectivity index (χ0) is 20.8. The van der Waals surface area contributed by atoms with E-state index in [0.29, 0.717) is 19.6 Å². The molecule has 0 aromatic heterocycles. The maximum Gasteiger partial charge on any atom is 0.224 e. The third-order valence-corrected chi connectivity index (χ3v) is 6.89. The molecule has 2 aromatic rings. The SMILES string of the molecule is O=C1CCC2(CCCC2)C(O)N1CCCCNCCOc1cccc2ccccc12. The van der Waals surface area contributed by atoms with Gasteiger partial charge in [-0.1, -0.05) is 49.2 Å². The topological polar surface area (TPSA) is 61.8 Å². The molecule has 1 aliphatic carbocycles. The molecule has 1 saturated carbocycles. The van der Waals surface area contributed by atoms with E-state index in [4.69, 9.17) is 4.74 Å². The number of benzene rings is 2. The second-order valence-electron chi connectivity index (χ2n) is 8.81. The lowest BCUT2D eigenvalue weighted by Crippen LogP contribution is -2.54. The largest absolute Gasteiger partial charge is 0.492 e. The van der Waals surface area contributed by atoms with Crippen LogP contribution in [0.25, 0.3) is 10.8 Å². The molecule has 2 N–H and O–H groups in total. The summed E-state index contributed by atoms with van der Waals surface area (Å²) in [5.74, 6) is 1.05. The lowest BCUT2D eigenvalue weighted by molar-refractivity contribution is -0.166. The maximum absolute atomic E-state index is 12.3. The van der Waals surface area contributed by atoms with Crippen LogP contribution in [-0.4, -0.2) is 48.4 Å². The Balaban J connectivity index is 1.13. The van der Waals surface area contributed by atoms with Crippen molar-refractivity contribution >= 4 is 16.7 Å². The van der Waals surface area contributed by atoms with Crippen molar-refractivity contribution < 1.29 is 14.6 Å². The average molecular weight is 411 g/mol. The van der Waals surface area contributed by atoms with Crippen LogP contribution in [-0.2, 0) is 4.79 Å². The summed E-state index contributed by atoms with van der Waals surface area (Å²) >= 11 is 0. The Morgan fingerprint density at radius 1 is 1.03 bits per heavy atom. The zero-order valence-electron chi connectivity index (χ0n) is 17.8. The lowest BCUT2D eigenvalue weighted by Gasteiger charge is -2.45. The summed E-state index contributed by atoms with van der Waals surface area (Å²) in [7, 11) is 0. The number of amides is 1. The van der Waals surface area contributed by atoms with Crippen LogP contribution in [0, 0.1) is 5.41 Å². The first-order chi connectivity index (χ1) is 14.7. The minimum atomic E-state index is -0.580. The molecule has 1 saturated heterocycles. The first kappa shape index (κ1) is 21.1. The third-order valence-electron chi connectivity index (χ3n) is 6.89. The summed E-state index contributed by atoms with van der Waals surface area (Å²) in [6.45, 7) is 2.97. The van der Waals surface area contributed by atoms with E-state index >= 15 is 0 Å². The van der Waals surface area contributed by atoms with Crippen LogP contribution >= 0.6 is 0 Å². The van der Waals surface area contributed by atoms with Crippen molar-refractivity contribution in [3.05, 3.63) is 42.5 Å². The van der Waals surface area contributed by atoms with Crippen LogP contribution in [0.4, 0.5) is 0 Å². The predicted octanol–water partition coefficient (Wildman–Crippen LogP) is 4.09. The molecular weight excluding hydrogens is 376 g/mol. The van der Waals surface area contributed by atoms with E-state index in [9.17, 15) is 9.90 Å². The number of nitrogens with zero attached hydrogens (tertiary/aromatic N) is 1. The van der Waals surface area contributed by atoms with Crippen LogP contribution < -0.4 is 10.1 Å². The van der Waals surface area contributed by atoms with Crippen molar-refractivity contribution in [1.82, 2.24) is 10.2 Å². The molecule has 1 heterocycles. The molecule has 2 aliphatic rings. The maximum atomic E-state index is 12.3. The van der Waals surface area contributed by atoms with E-state index in [1.165, 1.54) is 18.2 Å². The summed E-state index contributed by atoms with van der Waals surface area (Å²) < 4.78 is 5.95. The van der Waals surface area contributed by atoms with Gasteiger partial charge in [0.1, 0.15) is 18.6 Å². The molecule has 1 aliphatic heterocycles. The quantitative estimate of drug-likeness (QED) is 0.611. The monoisotopic (exact) mass is 410 g/mol. The minimum Gasteiger partial charge on any atom is -0.492 e. The molecule has 5 heteroatoms. The van der Waals surface area contributed by atoms with Gasteiger partial charge in [-0.15, -0.1) is 0 Å². The number of carbonyl (C=O) groups excluding carboxylic acids is 1. The molecule has 1 amide bonds. The van der Waals surface area contributed by atoms with Gasteiger partial charge in [-0.05, 0) is 50.1 Å². The fraction of sp³-hybridized carbons (Fsp3) is 0.560. The highest BCUT2D eigenvalue weighted by molar-refractivity contribution is 5.88. The van der Waals surface area contributed by atoms with Gasteiger partial charge in [-0.3, -0.25) is 4.79 Å². The van der Waals surface area contributed by atoms with Crippen LogP contribution in [0.2, 0.25) is 0 Å². The molecule has 1 spiro atoms. The Labute approximate surface area is 179 Å². The Morgan fingerprint density at radius 2 is 1.83 bits per heavy atom. The molecule has 2 aromatic carbocycles. The van der Waals surface area contributed by atoms with Gasteiger partial charge in [0.05, 0.1) is 0 Å². The van der Waals surface area contributed by atoms with Crippen molar-refractivity contribution in [1.29, 1.82) is 0 Å². The van der Waals surface area contributed by atoms with Gasteiger partial charge in [0.2, 0.25) is 5.91 Å². The Kier molecular flexibility index (Phi) is 6.90. The van der Waals surface area contributed by atoms with Crippen LogP contribution in [0.3, 0.4) is 0 Å². The number of hydrogen-bond acceptors (Lipinski definition) is 4. The van der Waals surface area contributed by atoms with Gasteiger partial charge in [0, 0.05) is 30.3 Å². The Morgan fingerprint density at radius 3 is 2.70 bits per heavy atom. The van der Waals surface area contributed by atoms with E-state index in [1.807, 2.05) is 24.3 Å². The normalized spacial score (nSPS) is 20.9. The number of aliphatic hydroxyl groups is 1.